The van der Waals surface area contributed by atoms with E-state index >= 15 is 0 Å². The summed E-state index contributed by atoms with van der Waals surface area (Å²) in [6.07, 6.45) is 2.20. The van der Waals surface area contributed by atoms with E-state index in [9.17, 15) is 4.79 Å². The van der Waals surface area contributed by atoms with Gasteiger partial charge in [0.1, 0.15) is 0 Å². The van der Waals surface area contributed by atoms with Crippen molar-refractivity contribution in [2.24, 2.45) is 0 Å². The summed E-state index contributed by atoms with van der Waals surface area (Å²) in [4.78, 5) is 11.7. The molecule has 1 saturated heterocycles. The number of unbranched alkanes of at least 4 members (excludes halogenated alkanes) is 1. The number of ether oxygens (including phenoxy) is 3. The molecule has 1 aliphatic heterocycles. The maximum atomic E-state index is 11.7. The first-order valence-electron chi connectivity index (χ1n) is 6.02. The van der Waals surface area contributed by atoms with Crippen LogP contribution in [0, 0.1) is 0 Å². The molecule has 4 heteroatoms. The van der Waals surface area contributed by atoms with Crippen LogP contribution in [0.4, 0.5) is 0 Å². The molecule has 0 aromatic rings. The van der Waals surface area contributed by atoms with Gasteiger partial charge in [-0.2, -0.15) is 0 Å². The molecule has 4 nitrogen and oxygen atoms in total. The molecule has 0 N–H and O–H groups in total. The molecule has 0 aromatic carbocycles. The van der Waals surface area contributed by atoms with Gasteiger partial charge in [0.05, 0.1) is 12.7 Å². The van der Waals surface area contributed by atoms with Crippen molar-refractivity contribution in [1.82, 2.24) is 0 Å². The third kappa shape index (κ3) is 3.46. The monoisotopic (exact) mass is 230 g/mol. The van der Waals surface area contributed by atoms with Crippen LogP contribution in [0.2, 0.25) is 0 Å². The molecule has 0 spiro atoms. The first kappa shape index (κ1) is 13.5. The highest BCUT2D eigenvalue weighted by atomic mass is 16.8. The number of esters is 1. The topological polar surface area (TPSA) is 44.8 Å². The Morgan fingerprint density at radius 1 is 1.31 bits per heavy atom. The van der Waals surface area contributed by atoms with Gasteiger partial charge >= 0.3 is 5.97 Å². The Balaban J connectivity index is 2.60. The zero-order chi connectivity index (χ0) is 12.2. The van der Waals surface area contributed by atoms with Crippen molar-refractivity contribution in [3.8, 4) is 0 Å². The van der Waals surface area contributed by atoms with Crippen molar-refractivity contribution in [3.05, 3.63) is 0 Å². The van der Waals surface area contributed by atoms with Crippen LogP contribution in [0.5, 0.6) is 0 Å². The molecule has 1 aliphatic rings. The van der Waals surface area contributed by atoms with E-state index in [4.69, 9.17) is 14.2 Å². The first-order chi connectivity index (χ1) is 7.50. The fourth-order valence-corrected chi connectivity index (χ4v) is 1.88. The number of hydrogen-bond acceptors (Lipinski definition) is 4. The predicted molar refractivity (Wildman–Crippen MR) is 60.0 cm³/mol. The van der Waals surface area contributed by atoms with Gasteiger partial charge in [-0.3, -0.25) is 0 Å². The Kier molecular flexibility index (Phi) is 4.74. The normalized spacial score (nSPS) is 28.0. The Morgan fingerprint density at radius 3 is 2.56 bits per heavy atom. The molecule has 1 rings (SSSR count). The van der Waals surface area contributed by atoms with Crippen molar-refractivity contribution in [2.75, 3.05) is 6.61 Å². The molecule has 0 aromatic heterocycles. The molecular weight excluding hydrogens is 208 g/mol. The third-order valence-corrected chi connectivity index (χ3v) is 2.54. The molecule has 0 amide bonds. The van der Waals surface area contributed by atoms with Gasteiger partial charge in [0.2, 0.25) is 0 Å². The van der Waals surface area contributed by atoms with Crippen LogP contribution in [0.1, 0.15) is 47.0 Å². The highest BCUT2D eigenvalue weighted by molar-refractivity contribution is 5.75. The predicted octanol–water partition coefficient (Wildman–Crippen LogP) is 2.26. The molecule has 0 saturated carbocycles. The van der Waals surface area contributed by atoms with E-state index in [0.29, 0.717) is 6.61 Å². The maximum absolute atomic E-state index is 11.7. The second-order valence-corrected chi connectivity index (χ2v) is 4.49. The summed E-state index contributed by atoms with van der Waals surface area (Å²) >= 11 is 0. The summed E-state index contributed by atoms with van der Waals surface area (Å²) in [5.74, 6) is -0.996. The molecule has 1 heterocycles. The fourth-order valence-electron chi connectivity index (χ4n) is 1.88. The van der Waals surface area contributed by atoms with Crippen LogP contribution in [-0.2, 0) is 19.0 Å². The van der Waals surface area contributed by atoms with E-state index in [-0.39, 0.29) is 12.1 Å². The van der Waals surface area contributed by atoms with E-state index in [1.54, 1.807) is 6.92 Å². The first-order valence-corrected chi connectivity index (χ1v) is 6.02. The molecular formula is C12H22O4. The minimum atomic E-state index is -0.685. The SMILES string of the molecule is CCCC[C@@H]1OC(C)(C)O[C@H]1C(=O)OCC. The van der Waals surface area contributed by atoms with E-state index in [0.717, 1.165) is 19.3 Å². The third-order valence-electron chi connectivity index (χ3n) is 2.54. The van der Waals surface area contributed by atoms with Gasteiger partial charge in [-0.1, -0.05) is 19.8 Å². The molecule has 94 valence electrons. The van der Waals surface area contributed by atoms with Gasteiger partial charge < -0.3 is 14.2 Å². The Hall–Kier alpha value is -0.610. The van der Waals surface area contributed by atoms with Gasteiger partial charge in [-0.25, -0.2) is 4.79 Å². The second kappa shape index (κ2) is 5.64. The maximum Gasteiger partial charge on any atom is 0.338 e. The lowest BCUT2D eigenvalue weighted by atomic mass is 10.1. The molecule has 16 heavy (non-hydrogen) atoms. The molecule has 0 bridgehead atoms. The van der Waals surface area contributed by atoms with Crippen LogP contribution in [0.25, 0.3) is 0 Å². The summed E-state index contributed by atoms with van der Waals surface area (Å²) in [5, 5.41) is 0. The van der Waals surface area contributed by atoms with Gasteiger partial charge in [-0.15, -0.1) is 0 Å². The Labute approximate surface area is 97.2 Å². The largest absolute Gasteiger partial charge is 0.464 e. The number of rotatable bonds is 5. The van der Waals surface area contributed by atoms with Crippen LogP contribution in [0.15, 0.2) is 0 Å². The van der Waals surface area contributed by atoms with Crippen molar-refractivity contribution in [1.29, 1.82) is 0 Å². The lowest BCUT2D eigenvalue weighted by Gasteiger charge is -2.16. The quantitative estimate of drug-likeness (QED) is 0.680. The average Bonchev–Trinajstić information content (AvgIpc) is 2.51. The Morgan fingerprint density at radius 2 is 2.00 bits per heavy atom. The zero-order valence-corrected chi connectivity index (χ0v) is 10.6. The average molecular weight is 230 g/mol. The number of carbonyl (C=O) groups is 1. The van der Waals surface area contributed by atoms with Crippen molar-refractivity contribution in [2.45, 2.75) is 65.0 Å². The van der Waals surface area contributed by atoms with Gasteiger partial charge in [0.15, 0.2) is 11.9 Å². The van der Waals surface area contributed by atoms with E-state index in [2.05, 4.69) is 6.92 Å². The summed E-state index contributed by atoms with van der Waals surface area (Å²) in [6, 6.07) is 0. The molecule has 1 fully saturated rings. The van der Waals surface area contributed by atoms with Crippen LogP contribution >= 0.6 is 0 Å². The van der Waals surface area contributed by atoms with E-state index in [1.165, 1.54) is 0 Å². The van der Waals surface area contributed by atoms with Gasteiger partial charge in [-0.05, 0) is 27.2 Å². The highest BCUT2D eigenvalue weighted by Gasteiger charge is 2.45. The van der Waals surface area contributed by atoms with Crippen LogP contribution in [0.3, 0.4) is 0 Å². The standard InChI is InChI=1S/C12H22O4/c1-5-7-8-9-10(11(13)14-6-2)16-12(3,4)15-9/h9-10H,5-8H2,1-4H3/t9-,10+/m0/s1. The van der Waals surface area contributed by atoms with Crippen molar-refractivity contribution < 1.29 is 19.0 Å². The fraction of sp³-hybridized carbons (Fsp3) is 0.917. The summed E-state index contributed by atoms with van der Waals surface area (Å²) in [5.41, 5.74) is 0. The van der Waals surface area contributed by atoms with Gasteiger partial charge in [0.25, 0.3) is 0 Å². The van der Waals surface area contributed by atoms with Crippen LogP contribution in [-0.4, -0.2) is 30.6 Å². The van der Waals surface area contributed by atoms with Crippen LogP contribution < -0.4 is 0 Å². The summed E-state index contributed by atoms with van der Waals surface area (Å²) in [7, 11) is 0. The lowest BCUT2D eigenvalue weighted by Crippen LogP contribution is -2.33. The summed E-state index contributed by atoms with van der Waals surface area (Å²) < 4.78 is 16.3. The Bertz CT molecular complexity index is 237. The van der Waals surface area contributed by atoms with Crippen molar-refractivity contribution in [3.63, 3.8) is 0 Å². The van der Waals surface area contributed by atoms with Gasteiger partial charge in [0, 0.05) is 0 Å². The minimum absolute atomic E-state index is 0.172. The second-order valence-electron chi connectivity index (χ2n) is 4.49. The smallest absolute Gasteiger partial charge is 0.338 e. The zero-order valence-electron chi connectivity index (χ0n) is 10.6. The lowest BCUT2D eigenvalue weighted by molar-refractivity contribution is -0.170. The summed E-state index contributed by atoms with van der Waals surface area (Å²) in [6.45, 7) is 7.93. The molecule has 0 radical (unpaired) electrons. The molecule has 0 unspecified atom stereocenters. The van der Waals surface area contributed by atoms with E-state index < -0.39 is 11.9 Å². The molecule has 0 aliphatic carbocycles. The van der Waals surface area contributed by atoms with Crippen molar-refractivity contribution >= 4 is 5.97 Å². The number of hydrogen-bond donors (Lipinski definition) is 0. The minimum Gasteiger partial charge on any atom is -0.464 e. The molecule has 2 atom stereocenters. The number of carbonyl (C=O) groups excluding carboxylic acids is 1. The highest BCUT2D eigenvalue weighted by Crippen LogP contribution is 2.31. The van der Waals surface area contributed by atoms with E-state index in [1.807, 2.05) is 13.8 Å².